The van der Waals surface area contributed by atoms with Crippen LogP contribution in [0.4, 0.5) is 28.8 Å². The van der Waals surface area contributed by atoms with Crippen LogP contribution in [0.5, 0.6) is 5.75 Å². The summed E-state index contributed by atoms with van der Waals surface area (Å²) in [5.74, 6) is 1.53. The first-order valence-electron chi connectivity index (χ1n) is 14.6. The van der Waals surface area contributed by atoms with Crippen molar-refractivity contribution in [1.29, 1.82) is 0 Å². The van der Waals surface area contributed by atoms with Gasteiger partial charge in [-0.05, 0) is 75.5 Å². The Morgan fingerprint density at radius 3 is 2.56 bits per heavy atom. The van der Waals surface area contributed by atoms with Gasteiger partial charge in [-0.15, -0.1) is 0 Å². The molecule has 10 heteroatoms. The van der Waals surface area contributed by atoms with Gasteiger partial charge in [-0.25, -0.2) is 4.98 Å². The predicted molar refractivity (Wildman–Crippen MR) is 161 cm³/mol. The minimum Gasteiger partial charge on any atom is -0.495 e. The zero-order valence-corrected chi connectivity index (χ0v) is 24.1. The summed E-state index contributed by atoms with van der Waals surface area (Å²) in [6.45, 7) is 6.62. The Morgan fingerprint density at radius 1 is 1.07 bits per heavy atom. The molecule has 10 nitrogen and oxygen atoms in total. The lowest BCUT2D eigenvalue weighted by atomic mass is 10.0. The Kier molecular flexibility index (Phi) is 7.79. The normalized spacial score (nSPS) is 19.1. The van der Waals surface area contributed by atoms with Gasteiger partial charge in [0.1, 0.15) is 17.7 Å². The first-order chi connectivity index (χ1) is 20.0. The maximum absolute atomic E-state index is 13.3. The van der Waals surface area contributed by atoms with E-state index in [1.807, 2.05) is 61.3 Å². The Balaban J connectivity index is 1.21. The summed E-state index contributed by atoms with van der Waals surface area (Å²) in [7, 11) is 3.52. The monoisotopic (exact) mass is 557 g/mol. The molecule has 2 aromatic carbocycles. The summed E-state index contributed by atoms with van der Waals surface area (Å²) in [5.41, 5.74) is 3.56. The molecule has 1 amide bonds. The average Bonchev–Trinajstić information content (AvgIpc) is 3.54. The Labute approximate surface area is 241 Å². The second-order valence-corrected chi connectivity index (χ2v) is 11.0. The molecule has 0 bridgehead atoms. The van der Waals surface area contributed by atoms with Crippen molar-refractivity contribution < 1.29 is 14.6 Å². The van der Waals surface area contributed by atoms with Crippen LogP contribution in [-0.2, 0) is 0 Å². The minimum absolute atomic E-state index is 0.0749. The number of likely N-dealkylation sites (tertiary alicyclic amines) is 2. The first kappa shape index (κ1) is 27.4. The van der Waals surface area contributed by atoms with Crippen LogP contribution in [-0.4, -0.2) is 83.7 Å². The highest BCUT2D eigenvalue weighted by molar-refractivity contribution is 6.13. The summed E-state index contributed by atoms with van der Waals surface area (Å²) in [6, 6.07) is 13.9. The molecule has 0 radical (unpaired) electrons. The largest absolute Gasteiger partial charge is 0.495 e. The standard InChI is InChI=1S/C31H39N7O3/c1-4-38-26-20-32-31(34-28(26)35(2)25-10-6-5-9-23(25)30(38)40)33-24-12-11-21(19-27(24)41-3)29(39)37-17-13-22(14-18-37)36-15-7-8-16-36/h5-6,9-12,19-20,22,29,39H,4,7-8,13-18H2,1-3H3,(H,32,33,34). The van der Waals surface area contributed by atoms with Crippen molar-refractivity contribution in [2.24, 2.45) is 0 Å². The summed E-state index contributed by atoms with van der Waals surface area (Å²) < 4.78 is 5.71. The fraction of sp³-hybridized carbons (Fsp3) is 0.452. The number of anilines is 5. The molecular formula is C31H39N7O3. The maximum atomic E-state index is 13.3. The van der Waals surface area contributed by atoms with Crippen molar-refractivity contribution in [3.05, 3.63) is 59.8 Å². The molecule has 2 N–H and O–H groups in total. The van der Waals surface area contributed by atoms with Crippen LogP contribution in [0.2, 0.25) is 0 Å². The molecule has 216 valence electrons. The molecule has 4 heterocycles. The van der Waals surface area contributed by atoms with E-state index in [9.17, 15) is 9.90 Å². The Hall–Kier alpha value is -3.73. The molecule has 6 rings (SSSR count). The molecule has 2 fully saturated rings. The van der Waals surface area contributed by atoms with E-state index in [1.54, 1.807) is 18.2 Å². The van der Waals surface area contributed by atoms with Crippen LogP contribution in [0, 0.1) is 0 Å². The SMILES string of the molecule is CCN1C(=O)c2ccccc2N(C)c2nc(Nc3ccc(C(O)N4CCC(N5CCCC5)CC4)cc3OC)ncc21. The average molecular weight is 558 g/mol. The number of carbonyl (C=O) groups excluding carboxylic acids is 1. The topological polar surface area (TPSA) is 97.3 Å². The van der Waals surface area contributed by atoms with Gasteiger partial charge in [0.25, 0.3) is 5.91 Å². The smallest absolute Gasteiger partial charge is 0.260 e. The summed E-state index contributed by atoms with van der Waals surface area (Å²) in [4.78, 5) is 31.1. The number of methoxy groups -OCH3 is 1. The van der Waals surface area contributed by atoms with Gasteiger partial charge in [0.05, 0.1) is 30.2 Å². The lowest BCUT2D eigenvalue weighted by Crippen LogP contribution is -2.44. The van der Waals surface area contributed by atoms with Gasteiger partial charge in [-0.3, -0.25) is 9.69 Å². The van der Waals surface area contributed by atoms with Crippen molar-refractivity contribution >= 4 is 34.7 Å². The van der Waals surface area contributed by atoms with Crippen LogP contribution < -0.4 is 19.9 Å². The number of aliphatic hydroxyl groups excluding tert-OH is 1. The number of benzene rings is 2. The van der Waals surface area contributed by atoms with E-state index in [1.165, 1.54) is 25.9 Å². The second-order valence-electron chi connectivity index (χ2n) is 11.0. The lowest BCUT2D eigenvalue weighted by Gasteiger charge is -2.38. The number of nitrogens with one attached hydrogen (secondary N) is 1. The zero-order valence-electron chi connectivity index (χ0n) is 24.1. The van der Waals surface area contributed by atoms with E-state index in [0.717, 1.165) is 37.2 Å². The number of rotatable bonds is 7. The molecule has 0 spiro atoms. The van der Waals surface area contributed by atoms with Gasteiger partial charge in [0.15, 0.2) is 5.82 Å². The summed E-state index contributed by atoms with van der Waals surface area (Å²) >= 11 is 0. The first-order valence-corrected chi connectivity index (χ1v) is 14.6. The number of carbonyl (C=O) groups is 1. The van der Waals surface area contributed by atoms with Crippen LogP contribution in [0.15, 0.2) is 48.7 Å². The fourth-order valence-corrected chi connectivity index (χ4v) is 6.40. The predicted octanol–water partition coefficient (Wildman–Crippen LogP) is 4.53. The van der Waals surface area contributed by atoms with E-state index < -0.39 is 6.23 Å². The van der Waals surface area contributed by atoms with E-state index in [2.05, 4.69) is 20.1 Å². The third-order valence-electron chi connectivity index (χ3n) is 8.69. The van der Waals surface area contributed by atoms with Crippen molar-refractivity contribution in [1.82, 2.24) is 19.8 Å². The quantitative estimate of drug-likeness (QED) is 0.434. The highest BCUT2D eigenvalue weighted by Gasteiger charge is 2.31. The molecule has 41 heavy (non-hydrogen) atoms. The van der Waals surface area contributed by atoms with Crippen molar-refractivity contribution in [2.45, 2.75) is 44.9 Å². The Bertz CT molecular complexity index is 1400. The molecule has 0 saturated carbocycles. The number of ether oxygens (including phenoxy) is 1. The van der Waals surface area contributed by atoms with Crippen LogP contribution in [0.1, 0.15) is 54.8 Å². The third-order valence-corrected chi connectivity index (χ3v) is 8.69. The highest BCUT2D eigenvalue weighted by Crippen LogP contribution is 2.39. The number of fused-ring (bicyclic) bond motifs is 2. The summed E-state index contributed by atoms with van der Waals surface area (Å²) in [5, 5.41) is 14.5. The number of hydrogen-bond donors (Lipinski definition) is 2. The van der Waals surface area contributed by atoms with Crippen LogP contribution >= 0.6 is 0 Å². The molecule has 1 unspecified atom stereocenters. The van der Waals surface area contributed by atoms with E-state index in [4.69, 9.17) is 9.72 Å². The number of aromatic nitrogens is 2. The number of para-hydroxylation sites is 1. The van der Waals surface area contributed by atoms with E-state index >= 15 is 0 Å². The zero-order chi connectivity index (χ0) is 28.5. The third kappa shape index (κ3) is 5.23. The number of nitrogens with zero attached hydrogens (tertiary/aromatic N) is 6. The van der Waals surface area contributed by atoms with Gasteiger partial charge in [-0.1, -0.05) is 18.2 Å². The highest BCUT2D eigenvalue weighted by atomic mass is 16.5. The molecule has 1 atom stereocenters. The van der Waals surface area contributed by atoms with Crippen molar-refractivity contribution in [3.8, 4) is 5.75 Å². The minimum atomic E-state index is -0.687. The maximum Gasteiger partial charge on any atom is 0.260 e. The van der Waals surface area contributed by atoms with Gasteiger partial charge in [0, 0.05) is 32.7 Å². The molecule has 3 aliphatic heterocycles. The van der Waals surface area contributed by atoms with Crippen LogP contribution in [0.3, 0.4) is 0 Å². The van der Waals surface area contributed by atoms with Gasteiger partial charge < -0.3 is 29.9 Å². The van der Waals surface area contributed by atoms with Crippen LogP contribution in [0.25, 0.3) is 0 Å². The van der Waals surface area contributed by atoms with E-state index in [-0.39, 0.29) is 5.91 Å². The summed E-state index contributed by atoms with van der Waals surface area (Å²) in [6.07, 6.45) is 5.78. The Morgan fingerprint density at radius 2 is 1.83 bits per heavy atom. The fourth-order valence-electron chi connectivity index (χ4n) is 6.40. The van der Waals surface area contributed by atoms with Crippen molar-refractivity contribution in [2.75, 3.05) is 62.0 Å². The molecule has 3 aliphatic rings. The van der Waals surface area contributed by atoms with Gasteiger partial charge >= 0.3 is 0 Å². The molecular weight excluding hydrogens is 518 g/mol. The second kappa shape index (κ2) is 11.6. The molecule has 1 aromatic heterocycles. The number of aliphatic hydroxyl groups is 1. The van der Waals surface area contributed by atoms with E-state index in [0.29, 0.717) is 47.0 Å². The number of hydrogen-bond acceptors (Lipinski definition) is 9. The molecule has 3 aromatic rings. The number of amides is 1. The van der Waals surface area contributed by atoms with Crippen molar-refractivity contribution in [3.63, 3.8) is 0 Å². The number of piperidine rings is 1. The molecule has 2 saturated heterocycles. The van der Waals surface area contributed by atoms with Gasteiger partial charge in [0.2, 0.25) is 5.95 Å². The molecule has 0 aliphatic carbocycles. The lowest BCUT2D eigenvalue weighted by molar-refractivity contribution is -0.0245. The van der Waals surface area contributed by atoms with Gasteiger partial charge in [-0.2, -0.15) is 4.98 Å².